The van der Waals surface area contributed by atoms with Crippen LogP contribution in [0.4, 0.5) is 0 Å². The highest BCUT2D eigenvalue weighted by atomic mass is 16.3. The minimum absolute atomic E-state index is 0.551. The Morgan fingerprint density at radius 2 is 2.21 bits per heavy atom. The van der Waals surface area contributed by atoms with Gasteiger partial charge in [-0.3, -0.25) is 0 Å². The Morgan fingerprint density at radius 3 is 2.93 bits per heavy atom. The zero-order chi connectivity index (χ0) is 9.54. The molecule has 1 aromatic carbocycles. The molecule has 2 heteroatoms. The van der Waals surface area contributed by atoms with Gasteiger partial charge in [-0.2, -0.15) is 0 Å². The van der Waals surface area contributed by atoms with E-state index in [4.69, 9.17) is 10.2 Å². The topological polar surface area (TPSA) is 39.2 Å². The maximum atomic E-state index is 5.83. The van der Waals surface area contributed by atoms with Crippen LogP contribution >= 0.6 is 0 Å². The van der Waals surface area contributed by atoms with Crippen molar-refractivity contribution in [2.24, 2.45) is 5.73 Å². The molecule has 0 unspecified atom stereocenters. The molecule has 14 heavy (non-hydrogen) atoms. The number of furan rings is 1. The fourth-order valence-corrected chi connectivity index (χ4v) is 1.87. The van der Waals surface area contributed by atoms with Crippen molar-refractivity contribution in [2.75, 3.05) is 0 Å². The van der Waals surface area contributed by atoms with Gasteiger partial charge in [0.2, 0.25) is 0 Å². The van der Waals surface area contributed by atoms with E-state index < -0.39 is 0 Å². The number of fused-ring (bicyclic) bond motifs is 1. The molecule has 1 aliphatic rings. The van der Waals surface area contributed by atoms with Crippen LogP contribution in [0.2, 0.25) is 0 Å². The van der Waals surface area contributed by atoms with E-state index in [9.17, 15) is 0 Å². The van der Waals surface area contributed by atoms with Crippen LogP contribution in [0.25, 0.3) is 11.0 Å². The number of rotatable bonds is 2. The van der Waals surface area contributed by atoms with Gasteiger partial charge in [-0.15, -0.1) is 0 Å². The van der Waals surface area contributed by atoms with E-state index in [2.05, 4.69) is 12.1 Å². The molecule has 0 aliphatic heterocycles. The monoisotopic (exact) mass is 187 g/mol. The Kier molecular flexibility index (Phi) is 1.64. The maximum Gasteiger partial charge on any atom is 0.138 e. The molecule has 0 saturated heterocycles. The molecular formula is C12H13NO. The predicted octanol–water partition coefficient (Wildman–Crippen LogP) is 2.77. The van der Waals surface area contributed by atoms with Crippen molar-refractivity contribution in [3.63, 3.8) is 0 Å². The first-order chi connectivity index (χ1) is 6.88. The quantitative estimate of drug-likeness (QED) is 0.785. The number of para-hydroxylation sites is 1. The third kappa shape index (κ3) is 1.15. The van der Waals surface area contributed by atoms with E-state index in [-0.39, 0.29) is 0 Å². The molecule has 1 aliphatic carbocycles. The highest BCUT2D eigenvalue weighted by Crippen LogP contribution is 2.42. The first-order valence-electron chi connectivity index (χ1n) is 5.10. The SMILES string of the molecule is NCc1cccc2cc(C3CC3)oc12. The van der Waals surface area contributed by atoms with Crippen LogP contribution in [0.15, 0.2) is 28.7 Å². The van der Waals surface area contributed by atoms with Gasteiger partial charge < -0.3 is 10.2 Å². The van der Waals surface area contributed by atoms with Crippen molar-refractivity contribution in [1.82, 2.24) is 0 Å². The first kappa shape index (κ1) is 8.06. The van der Waals surface area contributed by atoms with Gasteiger partial charge >= 0.3 is 0 Å². The zero-order valence-corrected chi connectivity index (χ0v) is 7.99. The molecule has 1 saturated carbocycles. The molecule has 1 aromatic heterocycles. The van der Waals surface area contributed by atoms with Crippen LogP contribution < -0.4 is 5.73 Å². The number of hydrogen-bond acceptors (Lipinski definition) is 2. The molecule has 1 fully saturated rings. The lowest BCUT2D eigenvalue weighted by atomic mass is 10.1. The predicted molar refractivity (Wildman–Crippen MR) is 56.1 cm³/mol. The first-order valence-corrected chi connectivity index (χ1v) is 5.10. The highest BCUT2D eigenvalue weighted by molar-refractivity contribution is 5.81. The van der Waals surface area contributed by atoms with Gasteiger partial charge in [-0.1, -0.05) is 18.2 Å². The average Bonchev–Trinajstić information content (AvgIpc) is 2.97. The van der Waals surface area contributed by atoms with E-state index in [1.165, 1.54) is 18.2 Å². The van der Waals surface area contributed by atoms with Gasteiger partial charge in [0.05, 0.1) is 0 Å². The second-order valence-electron chi connectivity index (χ2n) is 3.96. The molecule has 3 rings (SSSR count). The van der Waals surface area contributed by atoms with Gasteiger partial charge in [0.1, 0.15) is 11.3 Å². The summed E-state index contributed by atoms with van der Waals surface area (Å²) in [5.41, 5.74) is 7.75. The minimum atomic E-state index is 0.551. The molecule has 0 spiro atoms. The summed E-state index contributed by atoms with van der Waals surface area (Å²) in [6.07, 6.45) is 2.55. The van der Waals surface area contributed by atoms with Crippen LogP contribution in [0.5, 0.6) is 0 Å². The van der Waals surface area contributed by atoms with Crippen LogP contribution in [0, 0.1) is 0 Å². The molecule has 1 heterocycles. The summed E-state index contributed by atoms with van der Waals surface area (Å²) in [4.78, 5) is 0. The molecule has 2 N–H and O–H groups in total. The van der Waals surface area contributed by atoms with Crippen LogP contribution in [-0.2, 0) is 6.54 Å². The van der Waals surface area contributed by atoms with Gasteiger partial charge in [-0.25, -0.2) is 0 Å². The van der Waals surface area contributed by atoms with Crippen LogP contribution in [-0.4, -0.2) is 0 Å². The van der Waals surface area contributed by atoms with Crippen molar-refractivity contribution < 1.29 is 4.42 Å². The zero-order valence-electron chi connectivity index (χ0n) is 7.99. The summed E-state index contributed by atoms with van der Waals surface area (Å²) in [6.45, 7) is 0.551. The second-order valence-corrected chi connectivity index (χ2v) is 3.96. The summed E-state index contributed by atoms with van der Waals surface area (Å²) < 4.78 is 5.83. The van der Waals surface area contributed by atoms with E-state index in [0.29, 0.717) is 12.5 Å². The number of benzene rings is 1. The van der Waals surface area contributed by atoms with Crippen LogP contribution in [0.1, 0.15) is 30.1 Å². The minimum Gasteiger partial charge on any atom is -0.460 e. The lowest BCUT2D eigenvalue weighted by Gasteiger charge is -1.96. The summed E-state index contributed by atoms with van der Waals surface area (Å²) in [5, 5.41) is 1.19. The molecular weight excluding hydrogens is 174 g/mol. The standard InChI is InChI=1S/C12H13NO/c13-7-10-3-1-2-9-6-11(8-4-5-8)14-12(9)10/h1-3,6,8H,4-5,7,13H2. The summed E-state index contributed by atoms with van der Waals surface area (Å²) in [5.74, 6) is 1.81. The number of hydrogen-bond donors (Lipinski definition) is 1. The second kappa shape index (κ2) is 2.85. The third-order valence-electron chi connectivity index (χ3n) is 2.84. The normalized spacial score (nSPS) is 16.4. The molecule has 2 aromatic rings. The van der Waals surface area contributed by atoms with E-state index in [1.54, 1.807) is 0 Å². The van der Waals surface area contributed by atoms with Crippen molar-refractivity contribution in [2.45, 2.75) is 25.3 Å². The van der Waals surface area contributed by atoms with Crippen LogP contribution in [0.3, 0.4) is 0 Å². The smallest absolute Gasteiger partial charge is 0.138 e. The molecule has 0 radical (unpaired) electrons. The molecule has 0 atom stereocenters. The summed E-state index contributed by atoms with van der Waals surface area (Å²) in [7, 11) is 0. The lowest BCUT2D eigenvalue weighted by Crippen LogP contribution is -1.95. The van der Waals surface area contributed by atoms with Gasteiger partial charge in [0.15, 0.2) is 0 Å². The molecule has 0 bridgehead atoms. The molecule has 72 valence electrons. The molecule has 0 amide bonds. The fourth-order valence-electron chi connectivity index (χ4n) is 1.87. The maximum absolute atomic E-state index is 5.83. The summed E-state index contributed by atoms with van der Waals surface area (Å²) >= 11 is 0. The Balaban J connectivity index is 2.20. The average molecular weight is 187 g/mol. The van der Waals surface area contributed by atoms with E-state index in [1.807, 2.05) is 12.1 Å². The Bertz CT molecular complexity index is 468. The highest BCUT2D eigenvalue weighted by Gasteiger charge is 2.27. The van der Waals surface area contributed by atoms with Crippen molar-refractivity contribution in [3.8, 4) is 0 Å². The lowest BCUT2D eigenvalue weighted by molar-refractivity contribution is 0.549. The Morgan fingerprint density at radius 1 is 1.36 bits per heavy atom. The van der Waals surface area contributed by atoms with E-state index in [0.717, 1.165) is 16.9 Å². The fraction of sp³-hybridized carbons (Fsp3) is 0.333. The Hall–Kier alpha value is -1.28. The largest absolute Gasteiger partial charge is 0.460 e. The van der Waals surface area contributed by atoms with Gasteiger partial charge in [0, 0.05) is 23.4 Å². The van der Waals surface area contributed by atoms with Crippen molar-refractivity contribution >= 4 is 11.0 Å². The Labute approximate surface area is 82.7 Å². The van der Waals surface area contributed by atoms with Gasteiger partial charge in [-0.05, 0) is 18.9 Å². The van der Waals surface area contributed by atoms with Gasteiger partial charge in [0.25, 0.3) is 0 Å². The van der Waals surface area contributed by atoms with Crippen molar-refractivity contribution in [1.29, 1.82) is 0 Å². The van der Waals surface area contributed by atoms with E-state index >= 15 is 0 Å². The summed E-state index contributed by atoms with van der Waals surface area (Å²) in [6, 6.07) is 8.31. The van der Waals surface area contributed by atoms with Crippen molar-refractivity contribution in [3.05, 3.63) is 35.6 Å². The number of nitrogens with two attached hydrogens (primary N) is 1. The molecule has 2 nitrogen and oxygen atoms in total. The third-order valence-corrected chi connectivity index (χ3v) is 2.84.